The molecular formula is C18H24FN3O. The van der Waals surface area contributed by atoms with Gasteiger partial charge in [0.15, 0.2) is 0 Å². The first kappa shape index (κ1) is 17.2. The molecule has 0 aliphatic heterocycles. The average Bonchev–Trinajstić information content (AvgIpc) is 2.80. The normalized spacial score (nSPS) is 11.5. The zero-order valence-electron chi connectivity index (χ0n) is 14.2. The average molecular weight is 317 g/mol. The van der Waals surface area contributed by atoms with Crippen LogP contribution in [0.1, 0.15) is 46.2 Å². The van der Waals surface area contributed by atoms with Crippen molar-refractivity contribution in [3.63, 3.8) is 0 Å². The standard InChI is InChI=1S/C18H24FN3O/c1-5-7-14-17(20-15(23)11-18(2,3)4)16(22-21-14)12-8-6-9-13(19)10-12/h6,8-10H,5,7,11H2,1-4H3,(H,20,23)(H,21,22). The van der Waals surface area contributed by atoms with E-state index < -0.39 is 0 Å². The van der Waals surface area contributed by atoms with Crippen molar-refractivity contribution >= 4 is 11.6 Å². The maximum absolute atomic E-state index is 13.5. The van der Waals surface area contributed by atoms with Crippen LogP contribution >= 0.6 is 0 Å². The molecule has 0 saturated heterocycles. The number of H-pyrrole nitrogens is 1. The number of aromatic amines is 1. The Labute approximate surface area is 136 Å². The van der Waals surface area contributed by atoms with Crippen LogP contribution in [0.3, 0.4) is 0 Å². The summed E-state index contributed by atoms with van der Waals surface area (Å²) >= 11 is 0. The number of carbonyl (C=O) groups excluding carboxylic acids is 1. The molecule has 2 rings (SSSR count). The van der Waals surface area contributed by atoms with Gasteiger partial charge in [-0.05, 0) is 24.0 Å². The molecule has 4 nitrogen and oxygen atoms in total. The molecule has 1 aromatic heterocycles. The number of aryl methyl sites for hydroxylation is 1. The van der Waals surface area contributed by atoms with Gasteiger partial charge < -0.3 is 5.32 Å². The predicted octanol–water partition coefficient (Wildman–Crippen LogP) is 4.54. The maximum Gasteiger partial charge on any atom is 0.225 e. The molecule has 0 atom stereocenters. The molecule has 0 aliphatic rings. The van der Waals surface area contributed by atoms with Crippen LogP contribution in [0.4, 0.5) is 10.1 Å². The number of rotatable bonds is 5. The van der Waals surface area contributed by atoms with Gasteiger partial charge in [-0.1, -0.05) is 46.2 Å². The quantitative estimate of drug-likeness (QED) is 0.850. The van der Waals surface area contributed by atoms with Crippen molar-refractivity contribution in [2.24, 2.45) is 5.41 Å². The summed E-state index contributed by atoms with van der Waals surface area (Å²) in [5, 5.41) is 10.2. The molecule has 2 N–H and O–H groups in total. The Morgan fingerprint density at radius 3 is 2.70 bits per heavy atom. The van der Waals surface area contributed by atoms with E-state index in [9.17, 15) is 9.18 Å². The van der Waals surface area contributed by atoms with Crippen LogP contribution in [-0.2, 0) is 11.2 Å². The number of aromatic nitrogens is 2. The molecule has 0 aliphatic carbocycles. The molecule has 0 radical (unpaired) electrons. The van der Waals surface area contributed by atoms with E-state index in [1.54, 1.807) is 12.1 Å². The van der Waals surface area contributed by atoms with Crippen molar-refractivity contribution in [3.05, 3.63) is 35.8 Å². The number of benzene rings is 1. The Morgan fingerprint density at radius 1 is 1.35 bits per heavy atom. The SMILES string of the molecule is CCCc1[nH]nc(-c2cccc(F)c2)c1NC(=O)CC(C)(C)C. The molecule has 23 heavy (non-hydrogen) atoms. The van der Waals surface area contributed by atoms with Gasteiger partial charge in [0.05, 0.1) is 11.4 Å². The van der Waals surface area contributed by atoms with Crippen molar-refractivity contribution in [3.8, 4) is 11.3 Å². The monoisotopic (exact) mass is 317 g/mol. The molecule has 1 aromatic carbocycles. The number of hydrogen-bond donors (Lipinski definition) is 2. The van der Waals surface area contributed by atoms with Crippen molar-refractivity contribution < 1.29 is 9.18 Å². The third-order valence-corrected chi connectivity index (χ3v) is 3.39. The second-order valence-electron chi connectivity index (χ2n) is 6.97. The lowest BCUT2D eigenvalue weighted by atomic mass is 9.92. The molecule has 124 valence electrons. The Hall–Kier alpha value is -2.17. The van der Waals surface area contributed by atoms with Gasteiger partial charge in [-0.15, -0.1) is 0 Å². The fraction of sp³-hybridized carbons (Fsp3) is 0.444. The molecular weight excluding hydrogens is 293 g/mol. The van der Waals surface area contributed by atoms with E-state index in [0.29, 0.717) is 23.4 Å². The number of nitrogens with zero attached hydrogens (tertiary/aromatic N) is 1. The van der Waals surface area contributed by atoms with Gasteiger partial charge in [0.1, 0.15) is 11.5 Å². The van der Waals surface area contributed by atoms with E-state index >= 15 is 0 Å². The van der Waals surface area contributed by atoms with E-state index in [2.05, 4.69) is 22.4 Å². The highest BCUT2D eigenvalue weighted by atomic mass is 19.1. The van der Waals surface area contributed by atoms with E-state index in [1.807, 2.05) is 20.8 Å². The Bertz CT molecular complexity index is 686. The summed E-state index contributed by atoms with van der Waals surface area (Å²) in [5.74, 6) is -0.386. The summed E-state index contributed by atoms with van der Waals surface area (Å²) in [7, 11) is 0. The van der Waals surface area contributed by atoms with Gasteiger partial charge in [0, 0.05) is 12.0 Å². The van der Waals surface area contributed by atoms with Crippen LogP contribution in [-0.4, -0.2) is 16.1 Å². The minimum Gasteiger partial charge on any atom is -0.323 e. The lowest BCUT2D eigenvalue weighted by molar-refractivity contribution is -0.117. The van der Waals surface area contributed by atoms with Crippen LogP contribution in [0.5, 0.6) is 0 Å². The fourth-order valence-electron chi connectivity index (χ4n) is 2.45. The highest BCUT2D eigenvalue weighted by Crippen LogP contribution is 2.31. The summed E-state index contributed by atoms with van der Waals surface area (Å²) in [4.78, 5) is 12.3. The fourth-order valence-corrected chi connectivity index (χ4v) is 2.45. The second kappa shape index (κ2) is 6.94. The van der Waals surface area contributed by atoms with Gasteiger partial charge in [-0.25, -0.2) is 4.39 Å². The third kappa shape index (κ3) is 4.65. The first-order valence-electron chi connectivity index (χ1n) is 7.93. The Morgan fingerprint density at radius 2 is 2.09 bits per heavy atom. The minimum absolute atomic E-state index is 0.0612. The van der Waals surface area contributed by atoms with Gasteiger partial charge in [-0.3, -0.25) is 9.89 Å². The van der Waals surface area contributed by atoms with Crippen LogP contribution in [0.25, 0.3) is 11.3 Å². The first-order chi connectivity index (χ1) is 10.8. The molecule has 5 heteroatoms. The van der Waals surface area contributed by atoms with Gasteiger partial charge in [0.2, 0.25) is 5.91 Å². The summed E-state index contributed by atoms with van der Waals surface area (Å²) in [6.07, 6.45) is 2.10. The highest BCUT2D eigenvalue weighted by molar-refractivity contribution is 5.95. The van der Waals surface area contributed by atoms with Gasteiger partial charge in [0.25, 0.3) is 0 Å². The zero-order valence-corrected chi connectivity index (χ0v) is 14.2. The summed E-state index contributed by atoms with van der Waals surface area (Å²) in [5.41, 5.74) is 2.66. The van der Waals surface area contributed by atoms with E-state index in [-0.39, 0.29) is 17.1 Å². The van der Waals surface area contributed by atoms with Crippen molar-refractivity contribution in [1.29, 1.82) is 0 Å². The van der Waals surface area contributed by atoms with Crippen LogP contribution in [0.15, 0.2) is 24.3 Å². The largest absolute Gasteiger partial charge is 0.323 e. The van der Waals surface area contributed by atoms with Crippen LogP contribution < -0.4 is 5.32 Å². The highest BCUT2D eigenvalue weighted by Gasteiger charge is 2.20. The van der Waals surface area contributed by atoms with Crippen LogP contribution in [0, 0.1) is 11.2 Å². The van der Waals surface area contributed by atoms with E-state index in [0.717, 1.165) is 18.5 Å². The number of halogens is 1. The lowest BCUT2D eigenvalue weighted by Crippen LogP contribution is -2.20. The Kier molecular flexibility index (Phi) is 5.19. The zero-order chi connectivity index (χ0) is 17.0. The summed E-state index contributed by atoms with van der Waals surface area (Å²) < 4.78 is 13.5. The number of amides is 1. The van der Waals surface area contributed by atoms with Gasteiger partial charge >= 0.3 is 0 Å². The molecule has 1 heterocycles. The number of anilines is 1. The molecule has 1 amide bonds. The predicted molar refractivity (Wildman–Crippen MR) is 90.7 cm³/mol. The second-order valence-corrected chi connectivity index (χ2v) is 6.97. The molecule has 2 aromatic rings. The van der Waals surface area contributed by atoms with Gasteiger partial charge in [-0.2, -0.15) is 5.10 Å². The topological polar surface area (TPSA) is 57.8 Å². The van der Waals surface area contributed by atoms with Crippen molar-refractivity contribution in [2.45, 2.75) is 47.0 Å². The summed E-state index contributed by atoms with van der Waals surface area (Å²) in [6, 6.07) is 6.24. The number of nitrogens with one attached hydrogen (secondary N) is 2. The molecule has 0 spiro atoms. The smallest absolute Gasteiger partial charge is 0.225 e. The molecule has 0 fully saturated rings. The number of hydrogen-bond acceptors (Lipinski definition) is 2. The first-order valence-corrected chi connectivity index (χ1v) is 7.93. The van der Waals surface area contributed by atoms with E-state index in [4.69, 9.17) is 0 Å². The van der Waals surface area contributed by atoms with Crippen molar-refractivity contribution in [2.75, 3.05) is 5.32 Å². The number of carbonyl (C=O) groups is 1. The van der Waals surface area contributed by atoms with Crippen molar-refractivity contribution in [1.82, 2.24) is 10.2 Å². The molecule has 0 unspecified atom stereocenters. The minimum atomic E-state index is -0.325. The maximum atomic E-state index is 13.5. The Balaban J connectivity index is 2.35. The summed E-state index contributed by atoms with van der Waals surface area (Å²) in [6.45, 7) is 8.11. The molecule has 0 bridgehead atoms. The molecule has 0 saturated carbocycles. The van der Waals surface area contributed by atoms with E-state index in [1.165, 1.54) is 12.1 Å². The third-order valence-electron chi connectivity index (χ3n) is 3.39. The lowest BCUT2D eigenvalue weighted by Gasteiger charge is -2.17. The van der Waals surface area contributed by atoms with Crippen LogP contribution in [0.2, 0.25) is 0 Å².